The second-order valence-electron chi connectivity index (χ2n) is 9.34. The van der Waals surface area contributed by atoms with Gasteiger partial charge in [-0.05, 0) is 59.9 Å². The number of nitrogens with zero attached hydrogens (tertiary/aromatic N) is 1. The average molecular weight is 481 g/mol. The minimum atomic E-state index is -3.68. The average Bonchev–Trinajstić information content (AvgIpc) is 2.77. The van der Waals surface area contributed by atoms with Gasteiger partial charge in [-0.15, -0.1) is 0 Å². The molecule has 0 spiro atoms. The molecule has 0 saturated carbocycles. The van der Waals surface area contributed by atoms with Crippen LogP contribution in [0, 0.1) is 0 Å². The van der Waals surface area contributed by atoms with Gasteiger partial charge in [0.05, 0.1) is 18.0 Å². The Hall–Kier alpha value is -3.32. The van der Waals surface area contributed by atoms with E-state index in [0.29, 0.717) is 17.2 Å². The first-order valence-corrected chi connectivity index (χ1v) is 13.0. The summed E-state index contributed by atoms with van der Waals surface area (Å²) in [6, 6.07) is 23.7. The standard InChI is InChI=1S/C27H32N2O4S/c1-20(21-11-13-22(14-12-21)27(2,3)4)28-26(30)19-29(34(5,31)32)23-15-17-25(18-16-23)33-24-9-7-6-8-10-24/h6-18,20H,19H2,1-5H3,(H,28,30)/t20-/m1/s1. The number of hydrogen-bond donors (Lipinski definition) is 1. The summed E-state index contributed by atoms with van der Waals surface area (Å²) < 4.78 is 31.7. The van der Waals surface area contributed by atoms with Crippen LogP contribution < -0.4 is 14.4 Å². The Labute approximate surface area is 202 Å². The van der Waals surface area contributed by atoms with Crippen LogP contribution in [0.5, 0.6) is 11.5 Å². The number of amides is 1. The zero-order chi connectivity index (χ0) is 24.9. The Morgan fingerprint density at radius 3 is 2.00 bits per heavy atom. The molecule has 0 aliphatic carbocycles. The number of anilines is 1. The van der Waals surface area contributed by atoms with Gasteiger partial charge in [-0.1, -0.05) is 63.2 Å². The molecule has 6 nitrogen and oxygen atoms in total. The van der Waals surface area contributed by atoms with Gasteiger partial charge in [0.1, 0.15) is 18.0 Å². The number of rotatable bonds is 8. The number of carbonyl (C=O) groups is 1. The molecule has 0 heterocycles. The molecule has 0 aliphatic heterocycles. The monoisotopic (exact) mass is 480 g/mol. The zero-order valence-corrected chi connectivity index (χ0v) is 21.1. The van der Waals surface area contributed by atoms with E-state index in [9.17, 15) is 13.2 Å². The third-order valence-electron chi connectivity index (χ3n) is 5.45. The molecule has 1 N–H and O–H groups in total. The molecule has 0 aromatic heterocycles. The van der Waals surface area contributed by atoms with Crippen LogP contribution in [-0.4, -0.2) is 27.1 Å². The molecule has 7 heteroatoms. The Morgan fingerprint density at radius 2 is 1.47 bits per heavy atom. The highest BCUT2D eigenvalue weighted by atomic mass is 32.2. The molecule has 0 unspecified atom stereocenters. The maximum Gasteiger partial charge on any atom is 0.241 e. The maximum atomic E-state index is 12.7. The fourth-order valence-electron chi connectivity index (χ4n) is 3.48. The minimum Gasteiger partial charge on any atom is -0.457 e. The van der Waals surface area contributed by atoms with Crippen molar-refractivity contribution in [2.24, 2.45) is 0 Å². The third kappa shape index (κ3) is 6.84. The van der Waals surface area contributed by atoms with Gasteiger partial charge >= 0.3 is 0 Å². The van der Waals surface area contributed by atoms with E-state index >= 15 is 0 Å². The normalized spacial score (nSPS) is 12.6. The van der Waals surface area contributed by atoms with Gasteiger partial charge in [0.15, 0.2) is 0 Å². The largest absolute Gasteiger partial charge is 0.457 e. The smallest absolute Gasteiger partial charge is 0.241 e. The van der Waals surface area contributed by atoms with Crippen LogP contribution in [0.2, 0.25) is 0 Å². The summed E-state index contributed by atoms with van der Waals surface area (Å²) in [4.78, 5) is 12.7. The Bertz CT molecular complexity index is 1200. The Kier molecular flexibility index (Phi) is 7.67. The van der Waals surface area contributed by atoms with Gasteiger partial charge in [0, 0.05) is 0 Å². The highest BCUT2D eigenvalue weighted by molar-refractivity contribution is 7.92. The number of ether oxygens (including phenoxy) is 1. The second-order valence-corrected chi connectivity index (χ2v) is 11.2. The van der Waals surface area contributed by atoms with E-state index < -0.39 is 10.0 Å². The fourth-order valence-corrected chi connectivity index (χ4v) is 4.33. The molecule has 1 atom stereocenters. The van der Waals surface area contributed by atoms with E-state index in [4.69, 9.17) is 4.74 Å². The number of para-hydroxylation sites is 1. The first-order chi connectivity index (χ1) is 15.9. The number of benzene rings is 3. The summed E-state index contributed by atoms with van der Waals surface area (Å²) >= 11 is 0. The van der Waals surface area contributed by atoms with Gasteiger partial charge in [-0.3, -0.25) is 9.10 Å². The molecule has 0 bridgehead atoms. The van der Waals surface area contributed by atoms with Crippen molar-refractivity contribution in [3.63, 3.8) is 0 Å². The molecule has 1 amide bonds. The van der Waals surface area contributed by atoms with Crippen molar-refractivity contribution >= 4 is 21.6 Å². The van der Waals surface area contributed by atoms with Gasteiger partial charge < -0.3 is 10.1 Å². The Balaban J connectivity index is 1.68. The van der Waals surface area contributed by atoms with E-state index in [1.165, 1.54) is 5.56 Å². The van der Waals surface area contributed by atoms with Crippen molar-refractivity contribution < 1.29 is 17.9 Å². The van der Waals surface area contributed by atoms with E-state index in [2.05, 4.69) is 38.2 Å². The topological polar surface area (TPSA) is 75.7 Å². The molecule has 3 aromatic rings. The van der Waals surface area contributed by atoms with Crippen LogP contribution in [0.3, 0.4) is 0 Å². The molecule has 0 fully saturated rings. The number of hydrogen-bond acceptors (Lipinski definition) is 4. The SMILES string of the molecule is C[C@@H](NC(=O)CN(c1ccc(Oc2ccccc2)cc1)S(C)(=O)=O)c1ccc(C(C)(C)C)cc1. The van der Waals surface area contributed by atoms with Crippen LogP contribution in [0.4, 0.5) is 5.69 Å². The van der Waals surface area contributed by atoms with Crippen molar-refractivity contribution in [2.75, 3.05) is 17.1 Å². The lowest BCUT2D eigenvalue weighted by atomic mass is 9.86. The molecule has 0 aliphatic rings. The number of carbonyl (C=O) groups excluding carboxylic acids is 1. The van der Waals surface area contributed by atoms with Crippen LogP contribution in [-0.2, 0) is 20.2 Å². The molecule has 0 radical (unpaired) electrons. The quantitative estimate of drug-likeness (QED) is 0.467. The number of sulfonamides is 1. The predicted molar refractivity (Wildman–Crippen MR) is 137 cm³/mol. The molecular formula is C27H32N2O4S. The minimum absolute atomic E-state index is 0.0443. The zero-order valence-electron chi connectivity index (χ0n) is 20.3. The van der Waals surface area contributed by atoms with Gasteiger partial charge in [-0.2, -0.15) is 0 Å². The first-order valence-electron chi connectivity index (χ1n) is 11.1. The summed E-state index contributed by atoms with van der Waals surface area (Å²) in [7, 11) is -3.68. The van der Waals surface area contributed by atoms with E-state index in [1.807, 2.05) is 49.4 Å². The summed E-state index contributed by atoms with van der Waals surface area (Å²) in [5.74, 6) is 0.863. The summed E-state index contributed by atoms with van der Waals surface area (Å²) in [6.45, 7) is 8.00. The van der Waals surface area contributed by atoms with Crippen molar-refractivity contribution in [2.45, 2.75) is 39.2 Å². The lowest BCUT2D eigenvalue weighted by Crippen LogP contribution is -2.41. The maximum absolute atomic E-state index is 12.7. The van der Waals surface area contributed by atoms with Crippen molar-refractivity contribution in [1.82, 2.24) is 5.32 Å². The van der Waals surface area contributed by atoms with Gasteiger partial charge in [0.25, 0.3) is 0 Å². The Morgan fingerprint density at radius 1 is 0.912 bits per heavy atom. The molecular weight excluding hydrogens is 448 g/mol. The molecule has 0 saturated heterocycles. The van der Waals surface area contributed by atoms with E-state index in [0.717, 1.165) is 16.1 Å². The van der Waals surface area contributed by atoms with Crippen LogP contribution in [0.15, 0.2) is 78.9 Å². The third-order valence-corrected chi connectivity index (χ3v) is 6.59. The lowest BCUT2D eigenvalue weighted by molar-refractivity contribution is -0.120. The molecule has 180 valence electrons. The van der Waals surface area contributed by atoms with Crippen LogP contribution in [0.1, 0.15) is 44.9 Å². The fraction of sp³-hybridized carbons (Fsp3) is 0.296. The summed E-state index contributed by atoms with van der Waals surface area (Å²) in [6.07, 6.45) is 1.09. The van der Waals surface area contributed by atoms with Crippen LogP contribution >= 0.6 is 0 Å². The summed E-state index contributed by atoms with van der Waals surface area (Å²) in [5, 5.41) is 2.90. The predicted octanol–water partition coefficient (Wildman–Crippen LogP) is 5.42. The summed E-state index contributed by atoms with van der Waals surface area (Å²) in [5.41, 5.74) is 2.59. The first kappa shape index (κ1) is 25.3. The number of nitrogens with one attached hydrogen (secondary N) is 1. The van der Waals surface area contributed by atoms with Crippen molar-refractivity contribution in [1.29, 1.82) is 0 Å². The van der Waals surface area contributed by atoms with Gasteiger partial charge in [-0.25, -0.2) is 8.42 Å². The van der Waals surface area contributed by atoms with E-state index in [1.54, 1.807) is 24.3 Å². The van der Waals surface area contributed by atoms with Crippen LogP contribution in [0.25, 0.3) is 0 Å². The van der Waals surface area contributed by atoms with Gasteiger partial charge in [0.2, 0.25) is 15.9 Å². The second kappa shape index (κ2) is 10.3. The molecule has 34 heavy (non-hydrogen) atoms. The highest BCUT2D eigenvalue weighted by Gasteiger charge is 2.22. The lowest BCUT2D eigenvalue weighted by Gasteiger charge is -2.24. The molecule has 3 aromatic carbocycles. The molecule has 3 rings (SSSR count). The van der Waals surface area contributed by atoms with E-state index in [-0.39, 0.29) is 23.9 Å². The van der Waals surface area contributed by atoms with Crippen molar-refractivity contribution in [3.05, 3.63) is 90.0 Å². The van der Waals surface area contributed by atoms with Crippen molar-refractivity contribution in [3.8, 4) is 11.5 Å². The highest BCUT2D eigenvalue weighted by Crippen LogP contribution is 2.26.